The standard InChI is InChI=1S/C30H31NO2/c1-5-22-14-10-15-23(6-2)30(22)28-19-29(32-4)27(21(3)31-28)20-33-26-17-11-16-25(18-26)24-12-8-7-9-13-24/h7-19H,5-6,20H2,1-4H3. The number of hydrogen-bond donors (Lipinski definition) is 0. The summed E-state index contributed by atoms with van der Waals surface area (Å²) < 4.78 is 12.0. The second-order valence-electron chi connectivity index (χ2n) is 8.11. The van der Waals surface area contributed by atoms with Gasteiger partial charge in [0.15, 0.2) is 0 Å². The molecule has 0 bridgehead atoms. The molecule has 0 radical (unpaired) electrons. The first-order valence-electron chi connectivity index (χ1n) is 11.6. The molecule has 0 unspecified atom stereocenters. The molecule has 33 heavy (non-hydrogen) atoms. The number of aryl methyl sites for hydroxylation is 3. The molecular formula is C30H31NO2. The molecule has 4 aromatic rings. The Balaban J connectivity index is 1.63. The van der Waals surface area contributed by atoms with Gasteiger partial charge in [-0.25, -0.2) is 0 Å². The molecule has 0 aliphatic heterocycles. The van der Waals surface area contributed by atoms with Crippen LogP contribution in [0.4, 0.5) is 0 Å². The fraction of sp³-hybridized carbons (Fsp3) is 0.233. The van der Waals surface area contributed by atoms with Crippen LogP contribution in [0, 0.1) is 6.92 Å². The van der Waals surface area contributed by atoms with Crippen molar-refractivity contribution in [3.63, 3.8) is 0 Å². The van der Waals surface area contributed by atoms with Gasteiger partial charge in [0.2, 0.25) is 0 Å². The van der Waals surface area contributed by atoms with E-state index in [1.807, 2.05) is 37.3 Å². The van der Waals surface area contributed by atoms with E-state index in [1.54, 1.807) is 7.11 Å². The Hall–Kier alpha value is -3.59. The smallest absolute Gasteiger partial charge is 0.129 e. The van der Waals surface area contributed by atoms with Crippen molar-refractivity contribution in [2.24, 2.45) is 0 Å². The quantitative estimate of drug-likeness (QED) is 0.287. The number of methoxy groups -OCH3 is 1. The fourth-order valence-corrected chi connectivity index (χ4v) is 4.28. The Morgan fingerprint density at radius 1 is 0.758 bits per heavy atom. The molecule has 3 aromatic carbocycles. The molecule has 3 nitrogen and oxygen atoms in total. The zero-order valence-electron chi connectivity index (χ0n) is 19.9. The number of rotatable bonds is 8. The van der Waals surface area contributed by atoms with Gasteiger partial charge in [-0.05, 0) is 54.2 Å². The van der Waals surface area contributed by atoms with Crippen LogP contribution in [0.2, 0.25) is 0 Å². The van der Waals surface area contributed by atoms with Gasteiger partial charge in [-0.1, -0.05) is 74.5 Å². The molecule has 1 aromatic heterocycles. The fourth-order valence-electron chi connectivity index (χ4n) is 4.28. The van der Waals surface area contributed by atoms with Crippen molar-refractivity contribution in [2.45, 2.75) is 40.2 Å². The molecule has 0 aliphatic rings. The van der Waals surface area contributed by atoms with Gasteiger partial charge < -0.3 is 9.47 Å². The van der Waals surface area contributed by atoms with Gasteiger partial charge in [-0.2, -0.15) is 0 Å². The lowest BCUT2D eigenvalue weighted by atomic mass is 9.94. The predicted octanol–water partition coefficient (Wildman–Crippen LogP) is 7.44. The topological polar surface area (TPSA) is 31.4 Å². The van der Waals surface area contributed by atoms with Crippen molar-refractivity contribution in [2.75, 3.05) is 7.11 Å². The third-order valence-electron chi connectivity index (χ3n) is 6.09. The van der Waals surface area contributed by atoms with Crippen LogP contribution in [0.5, 0.6) is 11.5 Å². The molecule has 168 valence electrons. The van der Waals surface area contributed by atoms with Crippen LogP contribution < -0.4 is 9.47 Å². The highest BCUT2D eigenvalue weighted by molar-refractivity contribution is 5.70. The van der Waals surface area contributed by atoms with Gasteiger partial charge in [-0.3, -0.25) is 4.98 Å². The van der Waals surface area contributed by atoms with E-state index >= 15 is 0 Å². The van der Waals surface area contributed by atoms with Gasteiger partial charge in [0.05, 0.1) is 18.4 Å². The summed E-state index contributed by atoms with van der Waals surface area (Å²) in [5.74, 6) is 1.64. The average molecular weight is 438 g/mol. The highest BCUT2D eigenvalue weighted by Crippen LogP contribution is 2.33. The largest absolute Gasteiger partial charge is 0.496 e. The lowest BCUT2D eigenvalue weighted by molar-refractivity contribution is 0.295. The summed E-state index contributed by atoms with van der Waals surface area (Å²) >= 11 is 0. The molecule has 0 aliphatic carbocycles. The summed E-state index contributed by atoms with van der Waals surface area (Å²) in [7, 11) is 1.71. The number of ether oxygens (including phenoxy) is 2. The van der Waals surface area contributed by atoms with Gasteiger partial charge in [0.25, 0.3) is 0 Å². The Bertz CT molecular complexity index is 1210. The van der Waals surface area contributed by atoms with E-state index in [0.717, 1.165) is 46.9 Å². The van der Waals surface area contributed by atoms with Crippen molar-refractivity contribution in [3.8, 4) is 33.9 Å². The maximum absolute atomic E-state index is 6.19. The molecule has 0 fully saturated rings. The monoisotopic (exact) mass is 437 g/mol. The highest BCUT2D eigenvalue weighted by atomic mass is 16.5. The summed E-state index contributed by atoms with van der Waals surface area (Å²) in [4.78, 5) is 4.99. The van der Waals surface area contributed by atoms with Gasteiger partial charge in [0, 0.05) is 17.3 Å². The molecular weight excluding hydrogens is 406 g/mol. The molecule has 0 saturated carbocycles. The SMILES string of the molecule is CCc1cccc(CC)c1-c1cc(OC)c(COc2cccc(-c3ccccc3)c2)c(C)n1. The molecule has 0 spiro atoms. The van der Waals surface area contributed by atoms with Crippen LogP contribution in [0.1, 0.15) is 36.2 Å². The Labute approximate surface area is 197 Å². The molecule has 3 heteroatoms. The Morgan fingerprint density at radius 2 is 1.42 bits per heavy atom. The van der Waals surface area contributed by atoms with Gasteiger partial charge in [-0.15, -0.1) is 0 Å². The van der Waals surface area contributed by atoms with Crippen molar-refractivity contribution >= 4 is 0 Å². The molecule has 0 atom stereocenters. The second kappa shape index (κ2) is 10.4. The lowest BCUT2D eigenvalue weighted by Crippen LogP contribution is -2.05. The first-order valence-corrected chi connectivity index (χ1v) is 11.6. The normalized spacial score (nSPS) is 10.8. The average Bonchev–Trinajstić information content (AvgIpc) is 2.87. The summed E-state index contributed by atoms with van der Waals surface area (Å²) in [5.41, 5.74) is 9.02. The van der Waals surface area contributed by atoms with Crippen LogP contribution in [0.25, 0.3) is 22.4 Å². The molecule has 4 rings (SSSR count). The first kappa shape index (κ1) is 22.6. The second-order valence-corrected chi connectivity index (χ2v) is 8.11. The Morgan fingerprint density at radius 3 is 2.09 bits per heavy atom. The van der Waals surface area contributed by atoms with E-state index in [2.05, 4.69) is 62.4 Å². The van der Waals surface area contributed by atoms with Crippen LogP contribution in [-0.2, 0) is 19.4 Å². The lowest BCUT2D eigenvalue weighted by Gasteiger charge is -2.18. The maximum atomic E-state index is 6.19. The number of benzene rings is 3. The summed E-state index contributed by atoms with van der Waals surface area (Å²) in [6.07, 6.45) is 1.93. The highest BCUT2D eigenvalue weighted by Gasteiger charge is 2.16. The van der Waals surface area contributed by atoms with E-state index < -0.39 is 0 Å². The van der Waals surface area contributed by atoms with Crippen LogP contribution in [-0.4, -0.2) is 12.1 Å². The van der Waals surface area contributed by atoms with Crippen LogP contribution in [0.3, 0.4) is 0 Å². The number of aromatic nitrogens is 1. The van der Waals surface area contributed by atoms with E-state index in [9.17, 15) is 0 Å². The van der Waals surface area contributed by atoms with Crippen molar-refractivity contribution in [1.29, 1.82) is 0 Å². The zero-order valence-corrected chi connectivity index (χ0v) is 19.9. The molecule has 1 heterocycles. The predicted molar refractivity (Wildman–Crippen MR) is 136 cm³/mol. The van der Waals surface area contributed by atoms with E-state index in [4.69, 9.17) is 14.5 Å². The van der Waals surface area contributed by atoms with Gasteiger partial charge >= 0.3 is 0 Å². The van der Waals surface area contributed by atoms with E-state index in [1.165, 1.54) is 22.3 Å². The Kier molecular flexibility index (Phi) is 7.09. The number of nitrogens with zero attached hydrogens (tertiary/aromatic N) is 1. The minimum absolute atomic E-state index is 0.399. The van der Waals surface area contributed by atoms with Crippen molar-refractivity contribution in [1.82, 2.24) is 4.98 Å². The first-order chi connectivity index (χ1) is 16.1. The number of hydrogen-bond acceptors (Lipinski definition) is 3. The molecule has 0 N–H and O–H groups in total. The van der Waals surface area contributed by atoms with Crippen molar-refractivity contribution < 1.29 is 9.47 Å². The third kappa shape index (κ3) is 4.93. The molecule has 0 saturated heterocycles. The van der Waals surface area contributed by atoms with E-state index in [0.29, 0.717) is 6.61 Å². The summed E-state index contributed by atoms with van der Waals surface area (Å²) in [6, 6.07) is 27.1. The summed E-state index contributed by atoms with van der Waals surface area (Å²) in [5, 5.41) is 0. The zero-order chi connectivity index (χ0) is 23.2. The number of pyridine rings is 1. The minimum atomic E-state index is 0.399. The van der Waals surface area contributed by atoms with Crippen LogP contribution in [0.15, 0.2) is 78.9 Å². The third-order valence-corrected chi connectivity index (χ3v) is 6.09. The van der Waals surface area contributed by atoms with Crippen LogP contribution >= 0.6 is 0 Å². The minimum Gasteiger partial charge on any atom is -0.496 e. The molecule has 0 amide bonds. The van der Waals surface area contributed by atoms with Gasteiger partial charge in [0.1, 0.15) is 18.1 Å². The summed E-state index contributed by atoms with van der Waals surface area (Å²) in [6.45, 7) is 6.81. The maximum Gasteiger partial charge on any atom is 0.129 e. The van der Waals surface area contributed by atoms with E-state index in [-0.39, 0.29) is 0 Å². The van der Waals surface area contributed by atoms with Crippen molar-refractivity contribution in [3.05, 3.63) is 101 Å².